The minimum absolute atomic E-state index is 0.109. The Morgan fingerprint density at radius 2 is 2.10 bits per heavy atom. The predicted octanol–water partition coefficient (Wildman–Crippen LogP) is 0.633. The van der Waals surface area contributed by atoms with Gasteiger partial charge in [0, 0.05) is 38.6 Å². The number of carbonyl (C=O) groups excluding carboxylic acids is 2. The van der Waals surface area contributed by atoms with Crippen molar-refractivity contribution in [3.05, 3.63) is 29.6 Å². The number of benzene rings is 1. The van der Waals surface area contributed by atoms with Crippen LogP contribution in [0.2, 0.25) is 0 Å². The Labute approximate surface area is 123 Å². The van der Waals surface area contributed by atoms with Gasteiger partial charge in [-0.25, -0.2) is 4.39 Å². The van der Waals surface area contributed by atoms with Crippen molar-refractivity contribution in [2.45, 2.75) is 6.42 Å². The Morgan fingerprint density at radius 1 is 1.38 bits per heavy atom. The van der Waals surface area contributed by atoms with Crippen LogP contribution >= 0.6 is 0 Å². The molecule has 0 radical (unpaired) electrons. The summed E-state index contributed by atoms with van der Waals surface area (Å²) in [5, 5.41) is 2.67. The van der Waals surface area contributed by atoms with Gasteiger partial charge >= 0.3 is 0 Å². The summed E-state index contributed by atoms with van der Waals surface area (Å²) in [4.78, 5) is 24.9. The van der Waals surface area contributed by atoms with E-state index in [4.69, 9.17) is 10.5 Å². The van der Waals surface area contributed by atoms with E-state index in [9.17, 15) is 14.0 Å². The quantitative estimate of drug-likeness (QED) is 0.571. The van der Waals surface area contributed by atoms with Crippen LogP contribution in [0.15, 0.2) is 18.2 Å². The monoisotopic (exact) mass is 297 g/mol. The lowest BCUT2D eigenvalue weighted by Gasteiger charge is -2.17. The third-order valence-corrected chi connectivity index (χ3v) is 2.74. The third kappa shape index (κ3) is 5.78. The number of methoxy groups -OCH3 is 1. The van der Waals surface area contributed by atoms with E-state index in [0.29, 0.717) is 19.6 Å². The minimum atomic E-state index is -0.587. The van der Waals surface area contributed by atoms with E-state index >= 15 is 0 Å². The molecule has 21 heavy (non-hydrogen) atoms. The first-order valence-electron chi connectivity index (χ1n) is 6.51. The number of nitrogens with two attached hydrogens (primary N) is 1. The Morgan fingerprint density at radius 3 is 2.71 bits per heavy atom. The SMILES string of the molecule is COCCCNC(=O)CN(C)C(=O)c1cc(N)cc(F)c1. The first kappa shape index (κ1) is 16.9. The van der Waals surface area contributed by atoms with E-state index < -0.39 is 11.7 Å². The second-order valence-corrected chi connectivity index (χ2v) is 4.63. The van der Waals surface area contributed by atoms with Gasteiger partial charge in [-0.15, -0.1) is 0 Å². The summed E-state index contributed by atoms with van der Waals surface area (Å²) < 4.78 is 18.1. The molecule has 0 atom stereocenters. The van der Waals surface area contributed by atoms with Crippen LogP contribution in [0.4, 0.5) is 10.1 Å². The van der Waals surface area contributed by atoms with Crippen molar-refractivity contribution in [1.29, 1.82) is 0 Å². The number of carbonyl (C=O) groups is 2. The number of anilines is 1. The molecule has 1 aromatic carbocycles. The standard InChI is InChI=1S/C14H20FN3O3/c1-18(9-13(19)17-4-3-5-21-2)14(20)10-6-11(15)8-12(16)7-10/h6-8H,3-5,9,16H2,1-2H3,(H,17,19). The molecule has 0 saturated carbocycles. The number of rotatable bonds is 7. The highest BCUT2D eigenvalue weighted by Crippen LogP contribution is 2.12. The largest absolute Gasteiger partial charge is 0.399 e. The zero-order chi connectivity index (χ0) is 15.8. The Kier molecular flexibility index (Phi) is 6.61. The molecule has 0 aliphatic heterocycles. The van der Waals surface area contributed by atoms with Crippen molar-refractivity contribution < 1.29 is 18.7 Å². The molecule has 0 heterocycles. The first-order chi connectivity index (χ1) is 9.93. The fourth-order valence-electron chi connectivity index (χ4n) is 1.74. The van der Waals surface area contributed by atoms with Crippen LogP contribution in [0.3, 0.4) is 0 Å². The second-order valence-electron chi connectivity index (χ2n) is 4.63. The smallest absolute Gasteiger partial charge is 0.254 e. The van der Waals surface area contributed by atoms with Crippen molar-refractivity contribution in [3.63, 3.8) is 0 Å². The summed E-state index contributed by atoms with van der Waals surface area (Å²) in [7, 11) is 3.05. The molecule has 3 N–H and O–H groups in total. The molecule has 2 amide bonds. The highest BCUT2D eigenvalue weighted by Gasteiger charge is 2.16. The maximum Gasteiger partial charge on any atom is 0.254 e. The molecule has 0 spiro atoms. The fraction of sp³-hybridized carbons (Fsp3) is 0.429. The van der Waals surface area contributed by atoms with E-state index in [1.807, 2.05) is 0 Å². The number of nitrogens with zero attached hydrogens (tertiary/aromatic N) is 1. The number of halogens is 1. The number of amides is 2. The van der Waals surface area contributed by atoms with Gasteiger partial charge < -0.3 is 20.7 Å². The maximum absolute atomic E-state index is 13.2. The summed E-state index contributed by atoms with van der Waals surface area (Å²) in [6, 6.07) is 3.59. The van der Waals surface area contributed by atoms with E-state index in [1.165, 1.54) is 18.0 Å². The summed E-state index contributed by atoms with van der Waals surface area (Å²) in [5.74, 6) is -1.34. The van der Waals surface area contributed by atoms with Gasteiger partial charge in [0.1, 0.15) is 5.82 Å². The van der Waals surface area contributed by atoms with Crippen LogP contribution in [0.25, 0.3) is 0 Å². The molecule has 0 aromatic heterocycles. The topological polar surface area (TPSA) is 84.7 Å². The average molecular weight is 297 g/mol. The lowest BCUT2D eigenvalue weighted by Crippen LogP contribution is -2.38. The van der Waals surface area contributed by atoms with Crippen molar-refractivity contribution >= 4 is 17.5 Å². The van der Waals surface area contributed by atoms with Gasteiger partial charge in [0.2, 0.25) is 5.91 Å². The molecule has 116 valence electrons. The summed E-state index contributed by atoms with van der Waals surface area (Å²) in [6.07, 6.45) is 0.695. The van der Waals surface area contributed by atoms with Crippen LogP contribution in [0, 0.1) is 5.82 Å². The molecule has 6 nitrogen and oxygen atoms in total. The molecule has 0 bridgehead atoms. The van der Waals surface area contributed by atoms with E-state index in [1.54, 1.807) is 7.11 Å². The number of hydrogen-bond acceptors (Lipinski definition) is 4. The molecule has 0 saturated heterocycles. The molecule has 1 aromatic rings. The highest BCUT2D eigenvalue weighted by atomic mass is 19.1. The summed E-state index contributed by atoms with van der Waals surface area (Å²) >= 11 is 0. The predicted molar refractivity (Wildman–Crippen MR) is 77.3 cm³/mol. The van der Waals surface area contributed by atoms with Gasteiger partial charge in [-0.3, -0.25) is 9.59 Å². The number of likely N-dealkylation sites (N-methyl/N-ethyl adjacent to an activating group) is 1. The van der Waals surface area contributed by atoms with E-state index in [2.05, 4.69) is 5.32 Å². The zero-order valence-corrected chi connectivity index (χ0v) is 12.2. The van der Waals surface area contributed by atoms with Crippen molar-refractivity contribution in [3.8, 4) is 0 Å². The Balaban J connectivity index is 2.52. The van der Waals surface area contributed by atoms with Gasteiger partial charge in [0.05, 0.1) is 6.54 Å². The number of nitrogens with one attached hydrogen (secondary N) is 1. The van der Waals surface area contributed by atoms with E-state index in [-0.39, 0.29) is 23.7 Å². The molecule has 0 unspecified atom stereocenters. The molecule has 0 aliphatic rings. The molecule has 7 heteroatoms. The van der Waals surface area contributed by atoms with Gasteiger partial charge in [-0.1, -0.05) is 0 Å². The fourth-order valence-corrected chi connectivity index (χ4v) is 1.74. The van der Waals surface area contributed by atoms with Gasteiger partial charge in [0.25, 0.3) is 5.91 Å². The van der Waals surface area contributed by atoms with Crippen LogP contribution in [0.1, 0.15) is 16.8 Å². The molecular formula is C14H20FN3O3. The normalized spacial score (nSPS) is 10.2. The molecule has 0 fully saturated rings. The maximum atomic E-state index is 13.2. The average Bonchev–Trinajstić information content (AvgIpc) is 2.41. The second kappa shape index (κ2) is 8.21. The lowest BCUT2D eigenvalue weighted by atomic mass is 10.1. The number of ether oxygens (including phenoxy) is 1. The molecule has 1 rings (SSSR count). The minimum Gasteiger partial charge on any atom is -0.399 e. The third-order valence-electron chi connectivity index (χ3n) is 2.74. The van der Waals surface area contributed by atoms with Gasteiger partial charge in [-0.2, -0.15) is 0 Å². The highest BCUT2D eigenvalue weighted by molar-refractivity contribution is 5.97. The van der Waals surface area contributed by atoms with Crippen molar-refractivity contribution in [2.75, 3.05) is 39.6 Å². The van der Waals surface area contributed by atoms with Crippen LogP contribution in [0.5, 0.6) is 0 Å². The Bertz CT molecular complexity index is 488. The summed E-state index contributed by atoms with van der Waals surface area (Å²) in [5.41, 5.74) is 5.77. The molecular weight excluding hydrogens is 277 g/mol. The van der Waals surface area contributed by atoms with Crippen LogP contribution in [-0.2, 0) is 9.53 Å². The number of hydrogen-bond donors (Lipinski definition) is 2. The van der Waals surface area contributed by atoms with Crippen molar-refractivity contribution in [2.24, 2.45) is 0 Å². The van der Waals surface area contributed by atoms with Gasteiger partial charge in [0.15, 0.2) is 0 Å². The molecule has 0 aliphatic carbocycles. The van der Waals surface area contributed by atoms with Crippen LogP contribution < -0.4 is 11.1 Å². The zero-order valence-electron chi connectivity index (χ0n) is 12.2. The van der Waals surface area contributed by atoms with Crippen molar-refractivity contribution in [1.82, 2.24) is 10.2 Å². The number of nitrogen functional groups attached to an aromatic ring is 1. The van der Waals surface area contributed by atoms with Crippen LogP contribution in [-0.4, -0.2) is 50.6 Å². The lowest BCUT2D eigenvalue weighted by molar-refractivity contribution is -0.121. The Hall–Kier alpha value is -2.15. The first-order valence-corrected chi connectivity index (χ1v) is 6.51. The van der Waals surface area contributed by atoms with Gasteiger partial charge in [-0.05, 0) is 24.6 Å². The van der Waals surface area contributed by atoms with E-state index in [0.717, 1.165) is 12.1 Å². The summed E-state index contributed by atoms with van der Waals surface area (Å²) in [6.45, 7) is 0.918.